The van der Waals surface area contributed by atoms with E-state index >= 15 is 0 Å². The van der Waals surface area contributed by atoms with E-state index in [4.69, 9.17) is 10.5 Å². The molecule has 4 heteroatoms. The molecule has 0 bridgehead atoms. The molecular weight excluding hydrogens is 216 g/mol. The van der Waals surface area contributed by atoms with Gasteiger partial charge in [0.1, 0.15) is 5.75 Å². The Bertz CT molecular complexity index is 377. The van der Waals surface area contributed by atoms with Crippen LogP contribution in [0.2, 0.25) is 0 Å². The van der Waals surface area contributed by atoms with E-state index in [1.54, 1.807) is 12.1 Å². The first kappa shape index (κ1) is 13.4. The summed E-state index contributed by atoms with van der Waals surface area (Å²) in [4.78, 5) is 11.6. The number of ether oxygens (including phenoxy) is 1. The number of hydrogen-bond acceptors (Lipinski definition) is 3. The molecule has 94 valence electrons. The molecule has 0 heterocycles. The predicted molar refractivity (Wildman–Crippen MR) is 68.8 cm³/mol. The first-order chi connectivity index (χ1) is 8.00. The quantitative estimate of drug-likeness (QED) is 0.766. The molecular formula is C13H20N2O2. The van der Waals surface area contributed by atoms with E-state index in [0.29, 0.717) is 17.4 Å². The third kappa shape index (κ3) is 4.34. The summed E-state index contributed by atoms with van der Waals surface area (Å²) in [6.07, 6.45) is 0. The van der Waals surface area contributed by atoms with Crippen LogP contribution in [0.1, 0.15) is 20.8 Å². The average molecular weight is 236 g/mol. The largest absolute Gasteiger partial charge is 0.482 e. The second kappa shape index (κ2) is 6.13. The third-order valence-corrected chi connectivity index (χ3v) is 2.67. The first-order valence-corrected chi connectivity index (χ1v) is 5.77. The smallest absolute Gasteiger partial charge is 0.258 e. The van der Waals surface area contributed by atoms with Crippen molar-refractivity contribution in [2.45, 2.75) is 26.8 Å². The van der Waals surface area contributed by atoms with Gasteiger partial charge in [-0.3, -0.25) is 4.79 Å². The Labute approximate surface area is 102 Å². The van der Waals surface area contributed by atoms with E-state index in [1.807, 2.05) is 19.1 Å². The van der Waals surface area contributed by atoms with Crippen LogP contribution in [0.5, 0.6) is 5.75 Å². The molecule has 0 spiro atoms. The summed E-state index contributed by atoms with van der Waals surface area (Å²) in [5, 5.41) is 2.86. The Morgan fingerprint density at radius 1 is 1.35 bits per heavy atom. The number of nitrogen functional groups attached to an aromatic ring is 1. The van der Waals surface area contributed by atoms with Crippen LogP contribution in [0, 0.1) is 5.92 Å². The minimum absolute atomic E-state index is 0.00866. The van der Waals surface area contributed by atoms with Crippen molar-refractivity contribution in [2.24, 2.45) is 5.92 Å². The van der Waals surface area contributed by atoms with Gasteiger partial charge in [-0.15, -0.1) is 0 Å². The number of para-hydroxylation sites is 2. The van der Waals surface area contributed by atoms with Crippen LogP contribution in [0.3, 0.4) is 0 Å². The van der Waals surface area contributed by atoms with Crippen molar-refractivity contribution in [1.29, 1.82) is 0 Å². The monoisotopic (exact) mass is 236 g/mol. The van der Waals surface area contributed by atoms with Crippen LogP contribution < -0.4 is 15.8 Å². The van der Waals surface area contributed by atoms with Crippen LogP contribution >= 0.6 is 0 Å². The molecule has 3 N–H and O–H groups in total. The van der Waals surface area contributed by atoms with Gasteiger partial charge >= 0.3 is 0 Å². The second-order valence-corrected chi connectivity index (χ2v) is 4.43. The van der Waals surface area contributed by atoms with Gasteiger partial charge < -0.3 is 15.8 Å². The molecule has 0 aliphatic carbocycles. The highest BCUT2D eigenvalue weighted by Gasteiger charge is 2.11. The first-order valence-electron chi connectivity index (χ1n) is 5.77. The summed E-state index contributed by atoms with van der Waals surface area (Å²) >= 11 is 0. The fourth-order valence-electron chi connectivity index (χ4n) is 1.22. The molecule has 0 saturated carbocycles. The number of nitrogens with two attached hydrogens (primary N) is 1. The number of amides is 1. The van der Waals surface area contributed by atoms with Crippen LogP contribution in [-0.4, -0.2) is 18.6 Å². The summed E-state index contributed by atoms with van der Waals surface area (Å²) in [5.74, 6) is 0.815. The molecule has 0 saturated heterocycles. The van der Waals surface area contributed by atoms with Crippen molar-refractivity contribution in [3.05, 3.63) is 24.3 Å². The van der Waals surface area contributed by atoms with E-state index in [2.05, 4.69) is 19.2 Å². The fourth-order valence-corrected chi connectivity index (χ4v) is 1.22. The standard InChI is InChI=1S/C13H20N2O2/c1-9(2)10(3)15-13(16)8-17-12-7-5-4-6-11(12)14/h4-7,9-10H,8,14H2,1-3H3,(H,15,16). The molecule has 0 fully saturated rings. The minimum Gasteiger partial charge on any atom is -0.482 e. The lowest BCUT2D eigenvalue weighted by molar-refractivity contribution is -0.123. The third-order valence-electron chi connectivity index (χ3n) is 2.67. The van der Waals surface area contributed by atoms with Gasteiger partial charge in [0.25, 0.3) is 5.91 Å². The average Bonchev–Trinajstić information content (AvgIpc) is 2.27. The SMILES string of the molecule is CC(C)C(C)NC(=O)COc1ccccc1N. The van der Waals surface area contributed by atoms with Crippen molar-refractivity contribution >= 4 is 11.6 Å². The Balaban J connectivity index is 2.41. The van der Waals surface area contributed by atoms with Crippen LogP contribution in [0.4, 0.5) is 5.69 Å². The normalized spacial score (nSPS) is 12.2. The summed E-state index contributed by atoms with van der Waals surface area (Å²) in [6.45, 7) is 6.08. The summed E-state index contributed by atoms with van der Waals surface area (Å²) in [5.41, 5.74) is 6.24. The van der Waals surface area contributed by atoms with Crippen molar-refractivity contribution in [1.82, 2.24) is 5.32 Å². The fraction of sp³-hybridized carbons (Fsp3) is 0.462. The Morgan fingerprint density at radius 2 is 2.00 bits per heavy atom. The zero-order valence-electron chi connectivity index (χ0n) is 10.6. The molecule has 1 aromatic rings. The van der Waals surface area contributed by atoms with E-state index in [1.165, 1.54) is 0 Å². The molecule has 1 aromatic carbocycles. The lowest BCUT2D eigenvalue weighted by Gasteiger charge is -2.17. The van der Waals surface area contributed by atoms with Gasteiger partial charge in [-0.2, -0.15) is 0 Å². The van der Waals surface area contributed by atoms with E-state index < -0.39 is 0 Å². The second-order valence-electron chi connectivity index (χ2n) is 4.43. The van der Waals surface area contributed by atoms with E-state index in [0.717, 1.165) is 0 Å². The highest BCUT2D eigenvalue weighted by molar-refractivity contribution is 5.78. The maximum absolute atomic E-state index is 11.6. The number of rotatable bonds is 5. The number of carbonyl (C=O) groups is 1. The lowest BCUT2D eigenvalue weighted by atomic mass is 10.1. The van der Waals surface area contributed by atoms with Gasteiger partial charge in [0.15, 0.2) is 6.61 Å². The van der Waals surface area contributed by atoms with Gasteiger partial charge in [-0.1, -0.05) is 26.0 Å². The molecule has 0 radical (unpaired) electrons. The minimum atomic E-state index is -0.130. The van der Waals surface area contributed by atoms with Gasteiger partial charge in [-0.05, 0) is 25.0 Å². The summed E-state index contributed by atoms with van der Waals surface area (Å²) < 4.78 is 5.34. The predicted octanol–water partition coefficient (Wildman–Crippen LogP) is 1.81. The maximum atomic E-state index is 11.6. The van der Waals surface area contributed by atoms with Crippen LogP contribution in [0.15, 0.2) is 24.3 Å². The van der Waals surface area contributed by atoms with E-state index in [9.17, 15) is 4.79 Å². The Morgan fingerprint density at radius 3 is 2.59 bits per heavy atom. The topological polar surface area (TPSA) is 64.3 Å². The molecule has 1 atom stereocenters. The molecule has 1 unspecified atom stereocenters. The van der Waals surface area contributed by atoms with Crippen LogP contribution in [-0.2, 0) is 4.79 Å². The van der Waals surface area contributed by atoms with Gasteiger partial charge in [0.05, 0.1) is 5.69 Å². The molecule has 0 aliphatic heterocycles. The number of anilines is 1. The van der Waals surface area contributed by atoms with Crippen molar-refractivity contribution in [2.75, 3.05) is 12.3 Å². The molecule has 0 aliphatic rings. The maximum Gasteiger partial charge on any atom is 0.258 e. The molecule has 17 heavy (non-hydrogen) atoms. The number of benzene rings is 1. The molecule has 1 amide bonds. The summed E-state index contributed by atoms with van der Waals surface area (Å²) in [6, 6.07) is 7.27. The van der Waals surface area contributed by atoms with Crippen molar-refractivity contribution in [3.8, 4) is 5.75 Å². The van der Waals surface area contributed by atoms with Crippen LogP contribution in [0.25, 0.3) is 0 Å². The highest BCUT2D eigenvalue weighted by Crippen LogP contribution is 2.19. The summed E-state index contributed by atoms with van der Waals surface area (Å²) in [7, 11) is 0. The Hall–Kier alpha value is -1.71. The number of nitrogens with one attached hydrogen (secondary N) is 1. The van der Waals surface area contributed by atoms with E-state index in [-0.39, 0.29) is 18.6 Å². The molecule has 0 aromatic heterocycles. The zero-order chi connectivity index (χ0) is 12.8. The van der Waals surface area contributed by atoms with Crippen molar-refractivity contribution < 1.29 is 9.53 Å². The number of hydrogen-bond donors (Lipinski definition) is 2. The lowest BCUT2D eigenvalue weighted by Crippen LogP contribution is -2.39. The van der Waals surface area contributed by atoms with Gasteiger partial charge in [0, 0.05) is 6.04 Å². The van der Waals surface area contributed by atoms with Gasteiger partial charge in [-0.25, -0.2) is 0 Å². The molecule has 1 rings (SSSR count). The number of carbonyl (C=O) groups excluding carboxylic acids is 1. The molecule has 4 nitrogen and oxygen atoms in total. The zero-order valence-corrected chi connectivity index (χ0v) is 10.6. The highest BCUT2D eigenvalue weighted by atomic mass is 16.5. The Kier molecular flexibility index (Phi) is 4.82. The van der Waals surface area contributed by atoms with Crippen molar-refractivity contribution in [3.63, 3.8) is 0 Å². The van der Waals surface area contributed by atoms with Gasteiger partial charge in [0.2, 0.25) is 0 Å².